The summed E-state index contributed by atoms with van der Waals surface area (Å²) in [6.45, 7) is 3.00. The molecule has 1 heterocycles. The molecule has 2 aromatic carbocycles. The van der Waals surface area contributed by atoms with E-state index in [-0.39, 0.29) is 17.9 Å². The SMILES string of the molecule is CNC1CCC2(CC1)CN([C@H](C(=O)OCc1ccccc1)[C@@H](C)OCc1ccccc1)C2=O. The van der Waals surface area contributed by atoms with Crippen molar-refractivity contribution in [3.8, 4) is 0 Å². The molecule has 4 rings (SSSR count). The van der Waals surface area contributed by atoms with E-state index in [1.165, 1.54) is 0 Å². The van der Waals surface area contributed by atoms with E-state index in [2.05, 4.69) is 5.32 Å². The number of likely N-dealkylation sites (tertiary alicyclic amines) is 1. The predicted octanol–water partition coefficient (Wildman–Crippen LogP) is 3.69. The first-order valence-corrected chi connectivity index (χ1v) is 11.9. The monoisotopic (exact) mass is 450 g/mol. The molecule has 2 atom stereocenters. The number of benzene rings is 2. The van der Waals surface area contributed by atoms with Crippen molar-refractivity contribution in [2.75, 3.05) is 13.6 Å². The Bertz CT molecular complexity index is 926. The molecule has 6 heteroatoms. The van der Waals surface area contributed by atoms with Gasteiger partial charge in [-0.05, 0) is 50.8 Å². The van der Waals surface area contributed by atoms with Gasteiger partial charge in [0.25, 0.3) is 0 Å². The molecule has 176 valence electrons. The van der Waals surface area contributed by atoms with E-state index in [9.17, 15) is 9.59 Å². The average molecular weight is 451 g/mol. The summed E-state index contributed by atoms with van der Waals surface area (Å²) < 4.78 is 11.7. The third kappa shape index (κ3) is 5.28. The summed E-state index contributed by atoms with van der Waals surface area (Å²) in [7, 11) is 1.97. The number of carbonyl (C=O) groups is 2. The maximum Gasteiger partial charge on any atom is 0.331 e. The fraction of sp³-hybridized carbons (Fsp3) is 0.481. The molecule has 0 unspecified atom stereocenters. The minimum atomic E-state index is -0.752. The highest BCUT2D eigenvalue weighted by molar-refractivity contribution is 5.93. The highest BCUT2D eigenvalue weighted by Gasteiger charge is 2.57. The minimum Gasteiger partial charge on any atom is -0.459 e. The molecule has 1 aliphatic heterocycles. The van der Waals surface area contributed by atoms with Crippen LogP contribution < -0.4 is 5.32 Å². The molecule has 0 bridgehead atoms. The van der Waals surface area contributed by atoms with Crippen molar-refractivity contribution in [1.82, 2.24) is 10.2 Å². The fourth-order valence-electron chi connectivity index (χ4n) is 5.01. The normalized spacial score (nSPS) is 24.2. The van der Waals surface area contributed by atoms with Crippen molar-refractivity contribution in [3.63, 3.8) is 0 Å². The Labute approximate surface area is 196 Å². The topological polar surface area (TPSA) is 67.9 Å². The Morgan fingerprint density at radius 2 is 1.61 bits per heavy atom. The molecule has 0 radical (unpaired) electrons. The van der Waals surface area contributed by atoms with Gasteiger partial charge in [-0.3, -0.25) is 4.79 Å². The Hall–Kier alpha value is -2.70. The van der Waals surface area contributed by atoms with Crippen LogP contribution in [0.2, 0.25) is 0 Å². The number of β-lactam (4-membered cyclic amide) rings is 1. The zero-order valence-electron chi connectivity index (χ0n) is 19.5. The molecule has 1 amide bonds. The largest absolute Gasteiger partial charge is 0.459 e. The van der Waals surface area contributed by atoms with Crippen molar-refractivity contribution in [3.05, 3.63) is 71.8 Å². The van der Waals surface area contributed by atoms with Crippen LogP contribution in [0.25, 0.3) is 0 Å². The third-order valence-electron chi connectivity index (χ3n) is 7.14. The van der Waals surface area contributed by atoms with Crippen molar-refractivity contribution in [2.24, 2.45) is 5.41 Å². The van der Waals surface area contributed by atoms with Gasteiger partial charge in [0.15, 0.2) is 6.04 Å². The molecule has 1 N–H and O–H groups in total. The van der Waals surface area contributed by atoms with Gasteiger partial charge in [0, 0.05) is 12.6 Å². The zero-order chi connectivity index (χ0) is 23.3. The summed E-state index contributed by atoms with van der Waals surface area (Å²) in [4.78, 5) is 28.3. The van der Waals surface area contributed by atoms with E-state index < -0.39 is 18.1 Å². The molecule has 1 saturated heterocycles. The first-order chi connectivity index (χ1) is 16.0. The molecule has 2 aromatic rings. The lowest BCUT2D eigenvalue weighted by Crippen LogP contribution is -2.69. The average Bonchev–Trinajstić information content (AvgIpc) is 2.87. The first kappa shape index (κ1) is 23.5. The number of rotatable bonds is 9. The number of nitrogens with one attached hydrogen (secondary N) is 1. The second-order valence-electron chi connectivity index (χ2n) is 9.32. The number of esters is 1. The van der Waals surface area contributed by atoms with Crippen LogP contribution in [0.1, 0.15) is 43.7 Å². The summed E-state index contributed by atoms with van der Waals surface area (Å²) in [6.07, 6.45) is 3.21. The number of hydrogen-bond donors (Lipinski definition) is 1. The van der Waals surface area contributed by atoms with E-state index in [0.717, 1.165) is 36.8 Å². The second-order valence-corrected chi connectivity index (χ2v) is 9.32. The van der Waals surface area contributed by atoms with Gasteiger partial charge in [0.2, 0.25) is 5.91 Å². The maximum atomic E-state index is 13.4. The Morgan fingerprint density at radius 1 is 1.03 bits per heavy atom. The summed E-state index contributed by atoms with van der Waals surface area (Å²) in [5.41, 5.74) is 1.61. The number of carbonyl (C=O) groups excluding carboxylic acids is 2. The smallest absolute Gasteiger partial charge is 0.331 e. The fourth-order valence-corrected chi connectivity index (χ4v) is 5.01. The van der Waals surface area contributed by atoms with Crippen LogP contribution in [0, 0.1) is 5.41 Å². The summed E-state index contributed by atoms with van der Waals surface area (Å²) in [6, 6.07) is 19.1. The van der Waals surface area contributed by atoms with Crippen LogP contribution in [0.15, 0.2) is 60.7 Å². The van der Waals surface area contributed by atoms with Crippen LogP contribution in [0.3, 0.4) is 0 Å². The van der Waals surface area contributed by atoms with Crippen LogP contribution in [-0.2, 0) is 32.3 Å². The first-order valence-electron chi connectivity index (χ1n) is 11.9. The van der Waals surface area contributed by atoms with Gasteiger partial charge in [0.1, 0.15) is 6.61 Å². The highest BCUT2D eigenvalue weighted by Crippen LogP contribution is 2.46. The number of ether oxygens (including phenoxy) is 2. The lowest BCUT2D eigenvalue weighted by Gasteiger charge is -2.54. The number of hydrogen-bond acceptors (Lipinski definition) is 5. The van der Waals surface area contributed by atoms with Crippen molar-refractivity contribution >= 4 is 11.9 Å². The zero-order valence-corrected chi connectivity index (χ0v) is 19.5. The van der Waals surface area contributed by atoms with E-state index in [4.69, 9.17) is 9.47 Å². The molecule has 6 nitrogen and oxygen atoms in total. The molecule has 1 aliphatic carbocycles. The quantitative estimate of drug-likeness (QED) is 0.466. The Morgan fingerprint density at radius 3 is 2.15 bits per heavy atom. The predicted molar refractivity (Wildman–Crippen MR) is 126 cm³/mol. The van der Waals surface area contributed by atoms with Crippen LogP contribution in [0.5, 0.6) is 0 Å². The molecular formula is C27H34N2O4. The number of nitrogens with zero attached hydrogens (tertiary/aromatic N) is 1. The van der Waals surface area contributed by atoms with E-state index in [1.807, 2.05) is 74.6 Å². The van der Waals surface area contributed by atoms with E-state index in [0.29, 0.717) is 19.2 Å². The minimum absolute atomic E-state index is 0.0638. The highest BCUT2D eigenvalue weighted by atomic mass is 16.5. The van der Waals surface area contributed by atoms with Gasteiger partial charge in [-0.1, -0.05) is 60.7 Å². The Balaban J connectivity index is 1.44. The van der Waals surface area contributed by atoms with Crippen molar-refractivity contribution in [1.29, 1.82) is 0 Å². The van der Waals surface area contributed by atoms with Crippen LogP contribution in [0.4, 0.5) is 0 Å². The van der Waals surface area contributed by atoms with Gasteiger partial charge in [-0.25, -0.2) is 4.79 Å². The third-order valence-corrected chi connectivity index (χ3v) is 7.14. The summed E-state index contributed by atoms with van der Waals surface area (Å²) in [5, 5.41) is 3.32. The molecule has 2 fully saturated rings. The molecule has 2 aliphatic rings. The lowest BCUT2D eigenvalue weighted by atomic mass is 9.66. The van der Waals surface area contributed by atoms with Crippen molar-refractivity contribution in [2.45, 2.75) is 64.0 Å². The summed E-state index contributed by atoms with van der Waals surface area (Å²) >= 11 is 0. The van der Waals surface area contributed by atoms with Crippen LogP contribution >= 0.6 is 0 Å². The van der Waals surface area contributed by atoms with Gasteiger partial charge in [-0.2, -0.15) is 0 Å². The van der Waals surface area contributed by atoms with Crippen molar-refractivity contribution < 1.29 is 19.1 Å². The van der Waals surface area contributed by atoms with Gasteiger partial charge < -0.3 is 19.7 Å². The molecule has 33 heavy (non-hydrogen) atoms. The van der Waals surface area contributed by atoms with Gasteiger partial charge in [-0.15, -0.1) is 0 Å². The van der Waals surface area contributed by atoms with Crippen LogP contribution in [-0.4, -0.2) is 48.6 Å². The number of amides is 1. The lowest BCUT2D eigenvalue weighted by molar-refractivity contribution is -0.185. The standard InChI is InChI=1S/C27H34N2O4/c1-20(32-17-21-9-5-3-6-10-21)24(25(30)33-18-22-11-7-4-8-12-22)29-19-27(26(29)31)15-13-23(28-2)14-16-27/h3-12,20,23-24,28H,13-19H2,1-2H3/t20-,23?,24+,27?/m1/s1. The molecule has 1 saturated carbocycles. The van der Waals surface area contributed by atoms with E-state index >= 15 is 0 Å². The Kier molecular flexibility index (Phi) is 7.46. The second kappa shape index (κ2) is 10.5. The van der Waals surface area contributed by atoms with Gasteiger partial charge in [0.05, 0.1) is 18.1 Å². The molecule has 0 aromatic heterocycles. The molecular weight excluding hydrogens is 416 g/mol. The van der Waals surface area contributed by atoms with Gasteiger partial charge >= 0.3 is 5.97 Å². The molecule has 1 spiro atoms. The maximum absolute atomic E-state index is 13.4. The summed E-state index contributed by atoms with van der Waals surface area (Å²) in [5.74, 6) is -0.347. The van der Waals surface area contributed by atoms with E-state index in [1.54, 1.807) is 4.90 Å².